The molecular formula is C16H12Cl2. The minimum Gasteiger partial charge on any atom is -0.0843 e. The van der Waals surface area contributed by atoms with Crippen molar-refractivity contribution in [1.29, 1.82) is 0 Å². The molecule has 0 aliphatic rings. The smallest absolute Gasteiger partial charge is 0.0406 e. The summed E-state index contributed by atoms with van der Waals surface area (Å²) in [5.41, 5.74) is 2.25. The van der Waals surface area contributed by atoms with Crippen LogP contribution in [0.3, 0.4) is 0 Å². The zero-order chi connectivity index (χ0) is 12.8. The fourth-order valence-electron chi connectivity index (χ4n) is 1.48. The number of hydrogen-bond donors (Lipinski definition) is 0. The van der Waals surface area contributed by atoms with Gasteiger partial charge >= 0.3 is 0 Å². The lowest BCUT2D eigenvalue weighted by Gasteiger charge is -1.93. The van der Waals surface area contributed by atoms with Gasteiger partial charge in [0.05, 0.1) is 0 Å². The average Bonchev–Trinajstić information content (AvgIpc) is 2.39. The summed E-state index contributed by atoms with van der Waals surface area (Å²) in [5.74, 6) is 0. The molecule has 0 saturated carbocycles. The van der Waals surface area contributed by atoms with E-state index in [2.05, 4.69) is 0 Å². The van der Waals surface area contributed by atoms with Crippen molar-refractivity contribution in [1.82, 2.24) is 0 Å². The molecule has 0 bridgehead atoms. The SMILES string of the molecule is Clc1ccc(/C=C/C=C/c2ccc(Cl)cc2)cc1. The van der Waals surface area contributed by atoms with Crippen LogP contribution in [0.25, 0.3) is 12.2 Å². The molecule has 0 saturated heterocycles. The van der Waals surface area contributed by atoms with Gasteiger partial charge in [-0.3, -0.25) is 0 Å². The van der Waals surface area contributed by atoms with Gasteiger partial charge in [0.1, 0.15) is 0 Å². The van der Waals surface area contributed by atoms with Crippen LogP contribution < -0.4 is 0 Å². The second kappa shape index (κ2) is 6.44. The van der Waals surface area contributed by atoms with Gasteiger partial charge in [-0.1, -0.05) is 71.8 Å². The Kier molecular flexibility index (Phi) is 4.63. The highest BCUT2D eigenvalue weighted by Gasteiger charge is 1.87. The molecule has 90 valence electrons. The third-order valence-electron chi connectivity index (χ3n) is 2.43. The van der Waals surface area contributed by atoms with Crippen LogP contribution in [-0.4, -0.2) is 0 Å². The zero-order valence-electron chi connectivity index (χ0n) is 9.68. The van der Waals surface area contributed by atoms with Gasteiger partial charge in [-0.05, 0) is 35.4 Å². The molecule has 0 fully saturated rings. The molecule has 0 aliphatic carbocycles. The standard InChI is InChI=1S/C16H12Cl2/c17-15-9-5-13(6-10-15)3-1-2-4-14-7-11-16(18)12-8-14/h1-12H/b3-1+,4-2+. The minimum absolute atomic E-state index is 0.754. The fraction of sp³-hybridized carbons (Fsp3) is 0. The Labute approximate surface area is 117 Å². The predicted molar refractivity (Wildman–Crippen MR) is 81.0 cm³/mol. The molecule has 0 heterocycles. The molecule has 0 atom stereocenters. The maximum Gasteiger partial charge on any atom is 0.0406 e. The van der Waals surface area contributed by atoms with E-state index in [-0.39, 0.29) is 0 Å². The Balaban J connectivity index is 1.98. The monoisotopic (exact) mass is 274 g/mol. The van der Waals surface area contributed by atoms with E-state index in [1.807, 2.05) is 72.8 Å². The molecule has 2 rings (SSSR count). The van der Waals surface area contributed by atoms with E-state index in [0.717, 1.165) is 21.2 Å². The summed E-state index contributed by atoms with van der Waals surface area (Å²) in [7, 11) is 0. The Morgan fingerprint density at radius 3 is 1.22 bits per heavy atom. The van der Waals surface area contributed by atoms with Crippen LogP contribution in [0, 0.1) is 0 Å². The molecule has 0 N–H and O–H groups in total. The van der Waals surface area contributed by atoms with Gasteiger partial charge in [0.2, 0.25) is 0 Å². The van der Waals surface area contributed by atoms with E-state index >= 15 is 0 Å². The first-order valence-electron chi connectivity index (χ1n) is 5.60. The van der Waals surface area contributed by atoms with E-state index in [4.69, 9.17) is 23.2 Å². The maximum absolute atomic E-state index is 5.82. The van der Waals surface area contributed by atoms with Gasteiger partial charge in [0.15, 0.2) is 0 Å². The van der Waals surface area contributed by atoms with Gasteiger partial charge in [0, 0.05) is 10.0 Å². The molecule has 2 aromatic carbocycles. The van der Waals surface area contributed by atoms with Gasteiger partial charge in [-0.15, -0.1) is 0 Å². The normalized spacial score (nSPS) is 11.4. The van der Waals surface area contributed by atoms with Crippen molar-refractivity contribution in [2.45, 2.75) is 0 Å². The number of rotatable bonds is 3. The van der Waals surface area contributed by atoms with Gasteiger partial charge in [0.25, 0.3) is 0 Å². The van der Waals surface area contributed by atoms with Crippen molar-refractivity contribution in [2.75, 3.05) is 0 Å². The summed E-state index contributed by atoms with van der Waals surface area (Å²) < 4.78 is 0. The van der Waals surface area contributed by atoms with E-state index in [1.54, 1.807) is 0 Å². The number of allylic oxidation sites excluding steroid dienone is 2. The Morgan fingerprint density at radius 2 is 0.889 bits per heavy atom. The van der Waals surface area contributed by atoms with Crippen LogP contribution in [-0.2, 0) is 0 Å². The fourth-order valence-corrected chi connectivity index (χ4v) is 1.73. The summed E-state index contributed by atoms with van der Waals surface area (Å²) in [6.45, 7) is 0. The molecule has 18 heavy (non-hydrogen) atoms. The van der Waals surface area contributed by atoms with E-state index < -0.39 is 0 Å². The Hall–Kier alpha value is -1.50. The van der Waals surface area contributed by atoms with Crippen molar-refractivity contribution >= 4 is 35.4 Å². The van der Waals surface area contributed by atoms with Crippen molar-refractivity contribution in [3.05, 3.63) is 81.9 Å². The van der Waals surface area contributed by atoms with Gasteiger partial charge < -0.3 is 0 Å². The average molecular weight is 275 g/mol. The molecule has 0 aromatic heterocycles. The lowest BCUT2D eigenvalue weighted by atomic mass is 10.2. The predicted octanol–water partition coefficient (Wildman–Crippen LogP) is 5.72. The van der Waals surface area contributed by atoms with Crippen LogP contribution in [0.5, 0.6) is 0 Å². The number of halogens is 2. The lowest BCUT2D eigenvalue weighted by Crippen LogP contribution is -1.70. The van der Waals surface area contributed by atoms with Crippen molar-refractivity contribution in [3.63, 3.8) is 0 Å². The summed E-state index contributed by atoms with van der Waals surface area (Å²) >= 11 is 11.6. The highest BCUT2D eigenvalue weighted by atomic mass is 35.5. The Morgan fingerprint density at radius 1 is 0.556 bits per heavy atom. The van der Waals surface area contributed by atoms with Crippen LogP contribution in [0.15, 0.2) is 60.7 Å². The van der Waals surface area contributed by atoms with E-state index in [1.165, 1.54) is 0 Å². The van der Waals surface area contributed by atoms with Gasteiger partial charge in [-0.2, -0.15) is 0 Å². The first-order chi connectivity index (χ1) is 8.74. The molecule has 0 nitrogen and oxygen atoms in total. The lowest BCUT2D eigenvalue weighted by molar-refractivity contribution is 1.65. The zero-order valence-corrected chi connectivity index (χ0v) is 11.2. The summed E-state index contributed by atoms with van der Waals surface area (Å²) in [4.78, 5) is 0. The summed E-state index contributed by atoms with van der Waals surface area (Å²) in [5, 5.41) is 1.51. The van der Waals surface area contributed by atoms with E-state index in [0.29, 0.717) is 0 Å². The summed E-state index contributed by atoms with van der Waals surface area (Å²) in [6, 6.07) is 15.4. The van der Waals surface area contributed by atoms with Crippen LogP contribution in [0.1, 0.15) is 11.1 Å². The highest BCUT2D eigenvalue weighted by Crippen LogP contribution is 2.12. The molecule has 0 spiro atoms. The molecule has 0 amide bonds. The molecule has 0 unspecified atom stereocenters. The highest BCUT2D eigenvalue weighted by molar-refractivity contribution is 6.30. The third kappa shape index (κ3) is 4.06. The first kappa shape index (κ1) is 12.9. The van der Waals surface area contributed by atoms with Crippen LogP contribution in [0.4, 0.5) is 0 Å². The quantitative estimate of drug-likeness (QED) is 0.628. The van der Waals surface area contributed by atoms with Crippen LogP contribution in [0.2, 0.25) is 10.0 Å². The first-order valence-corrected chi connectivity index (χ1v) is 6.35. The molecule has 0 radical (unpaired) electrons. The number of hydrogen-bond acceptors (Lipinski definition) is 0. The topological polar surface area (TPSA) is 0 Å². The second-order valence-electron chi connectivity index (χ2n) is 3.82. The van der Waals surface area contributed by atoms with Crippen molar-refractivity contribution < 1.29 is 0 Å². The maximum atomic E-state index is 5.82. The summed E-state index contributed by atoms with van der Waals surface area (Å²) in [6.07, 6.45) is 8.06. The molecular weight excluding hydrogens is 263 g/mol. The van der Waals surface area contributed by atoms with Crippen molar-refractivity contribution in [3.8, 4) is 0 Å². The molecule has 2 aromatic rings. The van der Waals surface area contributed by atoms with Crippen LogP contribution >= 0.6 is 23.2 Å². The largest absolute Gasteiger partial charge is 0.0843 e. The molecule has 0 aliphatic heterocycles. The van der Waals surface area contributed by atoms with Crippen molar-refractivity contribution in [2.24, 2.45) is 0 Å². The molecule has 2 heteroatoms. The second-order valence-corrected chi connectivity index (χ2v) is 4.69. The third-order valence-corrected chi connectivity index (χ3v) is 2.93. The van der Waals surface area contributed by atoms with Gasteiger partial charge in [-0.25, -0.2) is 0 Å². The Bertz CT molecular complexity index is 495. The number of benzene rings is 2. The minimum atomic E-state index is 0.754. The van der Waals surface area contributed by atoms with E-state index in [9.17, 15) is 0 Å².